The van der Waals surface area contributed by atoms with Gasteiger partial charge in [-0.15, -0.1) is 11.6 Å². The van der Waals surface area contributed by atoms with E-state index in [-0.39, 0.29) is 5.88 Å². The summed E-state index contributed by atoms with van der Waals surface area (Å²) < 4.78 is 25.0. The van der Waals surface area contributed by atoms with E-state index >= 15 is 0 Å². The highest BCUT2D eigenvalue weighted by Gasteiger charge is 2.36. The molecule has 0 aromatic carbocycles. The molecule has 0 heterocycles. The smallest absolute Gasteiger partial charge is 0.212 e. The molecule has 14 heavy (non-hydrogen) atoms. The van der Waals surface area contributed by atoms with Crippen molar-refractivity contribution in [2.45, 2.75) is 25.5 Å². The third-order valence-corrected chi connectivity index (χ3v) is 5.78. The fraction of sp³-hybridized carbons (Fsp3) is 1.00. The Hall–Kier alpha value is 0.200. The van der Waals surface area contributed by atoms with Crippen molar-refractivity contribution in [1.82, 2.24) is 4.31 Å². The van der Waals surface area contributed by atoms with Gasteiger partial charge in [0.2, 0.25) is 10.0 Å². The summed E-state index contributed by atoms with van der Waals surface area (Å²) in [6.07, 6.45) is 1.15. The molecular formula is C9H18ClNO2S. The highest BCUT2D eigenvalue weighted by Crippen LogP contribution is 2.38. The van der Waals surface area contributed by atoms with Crippen molar-refractivity contribution in [2.24, 2.45) is 11.8 Å². The fourth-order valence-corrected chi connectivity index (χ4v) is 3.12. The van der Waals surface area contributed by atoms with Crippen molar-refractivity contribution in [3.05, 3.63) is 0 Å². The first-order valence-corrected chi connectivity index (χ1v) is 6.94. The zero-order valence-electron chi connectivity index (χ0n) is 8.90. The Labute approximate surface area is 91.5 Å². The van der Waals surface area contributed by atoms with E-state index in [0.717, 1.165) is 6.42 Å². The summed E-state index contributed by atoms with van der Waals surface area (Å²) >= 11 is 5.56. The predicted octanol–water partition coefficient (Wildman–Crippen LogP) is 1.53. The van der Waals surface area contributed by atoms with Crippen molar-refractivity contribution >= 4 is 21.6 Å². The van der Waals surface area contributed by atoms with Crippen LogP contribution in [-0.2, 0) is 10.0 Å². The molecule has 3 unspecified atom stereocenters. The lowest BCUT2D eigenvalue weighted by atomic mass is 10.3. The molecule has 1 fully saturated rings. The molecule has 0 saturated heterocycles. The molecule has 1 rings (SSSR count). The van der Waals surface area contributed by atoms with Gasteiger partial charge in [-0.2, -0.15) is 0 Å². The Morgan fingerprint density at radius 2 is 2.07 bits per heavy atom. The van der Waals surface area contributed by atoms with Crippen molar-refractivity contribution < 1.29 is 8.42 Å². The minimum atomic E-state index is -3.17. The van der Waals surface area contributed by atoms with Crippen LogP contribution in [0.15, 0.2) is 0 Å². The van der Waals surface area contributed by atoms with Gasteiger partial charge in [-0.05, 0) is 25.2 Å². The molecule has 0 amide bonds. The van der Waals surface area contributed by atoms with E-state index in [0.29, 0.717) is 18.4 Å². The molecule has 0 aliphatic heterocycles. The summed E-state index contributed by atoms with van der Waals surface area (Å²) in [6.45, 7) is 4.44. The second-order valence-corrected chi connectivity index (χ2v) is 7.03. The number of hydrogen-bond acceptors (Lipinski definition) is 2. The van der Waals surface area contributed by atoms with E-state index in [1.165, 1.54) is 4.31 Å². The number of halogens is 1. The first-order valence-electron chi connectivity index (χ1n) is 4.90. The molecule has 0 N–H and O–H groups in total. The summed E-state index contributed by atoms with van der Waals surface area (Å²) in [7, 11) is -1.52. The number of hydrogen-bond donors (Lipinski definition) is 0. The number of rotatable bonds is 5. The van der Waals surface area contributed by atoms with E-state index in [1.54, 1.807) is 14.0 Å². The Balaban J connectivity index is 2.54. The van der Waals surface area contributed by atoms with Gasteiger partial charge in [0.25, 0.3) is 0 Å². The van der Waals surface area contributed by atoms with Crippen LogP contribution in [0.2, 0.25) is 0 Å². The van der Waals surface area contributed by atoms with Gasteiger partial charge in [0.05, 0.1) is 5.25 Å². The quantitative estimate of drug-likeness (QED) is 0.683. The lowest BCUT2D eigenvalue weighted by Gasteiger charge is -2.20. The van der Waals surface area contributed by atoms with Crippen LogP contribution in [0.1, 0.15) is 20.3 Å². The normalized spacial score (nSPS) is 29.2. The third-order valence-electron chi connectivity index (χ3n) is 2.93. The van der Waals surface area contributed by atoms with E-state index in [9.17, 15) is 8.42 Å². The summed E-state index contributed by atoms with van der Waals surface area (Å²) in [6, 6.07) is 0. The first-order chi connectivity index (χ1) is 6.39. The van der Waals surface area contributed by atoms with Gasteiger partial charge in [0, 0.05) is 19.5 Å². The highest BCUT2D eigenvalue weighted by atomic mass is 35.5. The Kier molecular flexibility index (Phi) is 3.83. The number of alkyl halides is 1. The minimum Gasteiger partial charge on any atom is -0.212 e. The van der Waals surface area contributed by atoms with Gasteiger partial charge in [-0.25, -0.2) is 12.7 Å². The van der Waals surface area contributed by atoms with E-state index in [1.807, 2.05) is 0 Å². The van der Waals surface area contributed by atoms with Crippen LogP contribution in [0.5, 0.6) is 0 Å². The van der Waals surface area contributed by atoms with Gasteiger partial charge < -0.3 is 0 Å². The lowest BCUT2D eigenvalue weighted by molar-refractivity contribution is 0.439. The topological polar surface area (TPSA) is 37.4 Å². The summed E-state index contributed by atoms with van der Waals surface area (Å²) in [5, 5.41) is -0.483. The Morgan fingerprint density at radius 1 is 1.57 bits per heavy atom. The van der Waals surface area contributed by atoms with Gasteiger partial charge in [-0.1, -0.05) is 6.92 Å². The molecule has 0 bridgehead atoms. The molecule has 0 radical (unpaired) electrons. The molecule has 3 atom stereocenters. The van der Waals surface area contributed by atoms with Crippen LogP contribution in [0.3, 0.4) is 0 Å². The zero-order chi connectivity index (χ0) is 10.9. The average molecular weight is 240 g/mol. The van der Waals surface area contributed by atoms with E-state index in [2.05, 4.69) is 6.92 Å². The molecule has 1 aliphatic rings. The van der Waals surface area contributed by atoms with Gasteiger partial charge >= 0.3 is 0 Å². The van der Waals surface area contributed by atoms with Crippen LogP contribution < -0.4 is 0 Å². The van der Waals surface area contributed by atoms with Gasteiger partial charge in [0.1, 0.15) is 0 Å². The molecule has 3 nitrogen and oxygen atoms in total. The standard InChI is InChI=1S/C9H18ClNO2S/c1-7-4-9(7)6-11(3)14(12,13)8(2)5-10/h7-9H,4-6H2,1-3H3. The molecule has 0 spiro atoms. The lowest BCUT2D eigenvalue weighted by Crippen LogP contribution is -2.36. The SMILES string of the molecule is CC1CC1CN(C)S(=O)(=O)C(C)CCl. The van der Waals surface area contributed by atoms with Gasteiger partial charge in [0.15, 0.2) is 0 Å². The van der Waals surface area contributed by atoms with Crippen LogP contribution in [0.25, 0.3) is 0 Å². The monoisotopic (exact) mass is 239 g/mol. The Morgan fingerprint density at radius 3 is 2.43 bits per heavy atom. The average Bonchev–Trinajstić information content (AvgIpc) is 2.80. The maximum Gasteiger partial charge on any atom is 0.217 e. The highest BCUT2D eigenvalue weighted by molar-refractivity contribution is 7.89. The maximum absolute atomic E-state index is 11.8. The fourth-order valence-electron chi connectivity index (χ4n) is 1.47. The van der Waals surface area contributed by atoms with Crippen molar-refractivity contribution in [3.8, 4) is 0 Å². The van der Waals surface area contributed by atoms with Crippen LogP contribution in [0.4, 0.5) is 0 Å². The van der Waals surface area contributed by atoms with Crippen LogP contribution in [0, 0.1) is 11.8 Å². The largest absolute Gasteiger partial charge is 0.217 e. The zero-order valence-corrected chi connectivity index (χ0v) is 10.5. The Bertz CT molecular complexity index is 291. The van der Waals surface area contributed by atoms with Crippen molar-refractivity contribution in [3.63, 3.8) is 0 Å². The van der Waals surface area contributed by atoms with Crippen molar-refractivity contribution in [1.29, 1.82) is 0 Å². The molecular weight excluding hydrogens is 222 g/mol. The molecule has 5 heteroatoms. The summed E-state index contributed by atoms with van der Waals surface area (Å²) in [5.74, 6) is 1.39. The second kappa shape index (κ2) is 4.37. The molecule has 0 aromatic rings. The third kappa shape index (κ3) is 2.61. The molecule has 1 saturated carbocycles. The molecule has 1 aliphatic carbocycles. The van der Waals surface area contributed by atoms with Crippen LogP contribution in [-0.4, -0.2) is 37.4 Å². The minimum absolute atomic E-state index is 0.160. The molecule has 0 aromatic heterocycles. The first kappa shape index (κ1) is 12.3. The van der Waals surface area contributed by atoms with Gasteiger partial charge in [-0.3, -0.25) is 0 Å². The molecule has 84 valence electrons. The predicted molar refractivity (Wildman–Crippen MR) is 59.0 cm³/mol. The summed E-state index contributed by atoms with van der Waals surface area (Å²) in [4.78, 5) is 0. The van der Waals surface area contributed by atoms with E-state index in [4.69, 9.17) is 11.6 Å². The number of sulfonamides is 1. The van der Waals surface area contributed by atoms with E-state index < -0.39 is 15.3 Å². The number of nitrogens with zero attached hydrogens (tertiary/aromatic N) is 1. The van der Waals surface area contributed by atoms with Crippen LogP contribution >= 0.6 is 11.6 Å². The second-order valence-electron chi connectivity index (χ2n) is 4.26. The summed E-state index contributed by atoms with van der Waals surface area (Å²) in [5.41, 5.74) is 0. The maximum atomic E-state index is 11.8. The van der Waals surface area contributed by atoms with Crippen molar-refractivity contribution in [2.75, 3.05) is 19.5 Å².